The van der Waals surface area contributed by atoms with Gasteiger partial charge in [-0.15, -0.1) is 0 Å². The number of ether oxygens (including phenoxy) is 3. The van der Waals surface area contributed by atoms with E-state index < -0.39 is 10.0 Å². The van der Waals surface area contributed by atoms with Crippen LogP contribution in [0.4, 0.5) is 11.4 Å². The van der Waals surface area contributed by atoms with Gasteiger partial charge in [0.05, 0.1) is 25.2 Å². The predicted molar refractivity (Wildman–Crippen MR) is 140 cm³/mol. The minimum atomic E-state index is -3.59. The minimum absolute atomic E-state index is 0.0773. The van der Waals surface area contributed by atoms with Crippen molar-refractivity contribution in [1.82, 2.24) is 0 Å². The highest BCUT2D eigenvalue weighted by molar-refractivity contribution is 7.92. The summed E-state index contributed by atoms with van der Waals surface area (Å²) in [5.74, 6) is 0.133. The fourth-order valence-corrected chi connectivity index (χ4v) is 4.73. The molecule has 0 radical (unpaired) electrons. The molecular formula is C26H27ClN2O6S. The van der Waals surface area contributed by atoms with Gasteiger partial charge in [-0.3, -0.25) is 9.52 Å². The van der Waals surface area contributed by atoms with Crippen LogP contribution in [-0.2, 0) is 25.9 Å². The Morgan fingerprint density at radius 3 is 2.58 bits per heavy atom. The topological polar surface area (TPSA) is 94.2 Å². The summed E-state index contributed by atoms with van der Waals surface area (Å²) in [6.07, 6.45) is 1.70. The van der Waals surface area contributed by atoms with Crippen molar-refractivity contribution in [2.75, 3.05) is 49.5 Å². The maximum atomic E-state index is 13.4. The van der Waals surface area contributed by atoms with Crippen LogP contribution in [0.1, 0.15) is 15.9 Å². The molecule has 3 aromatic carbocycles. The van der Waals surface area contributed by atoms with Gasteiger partial charge in [-0.1, -0.05) is 35.9 Å². The second kappa shape index (κ2) is 11.3. The molecule has 1 aliphatic heterocycles. The monoisotopic (exact) mass is 530 g/mol. The lowest BCUT2D eigenvalue weighted by Gasteiger charge is -2.29. The van der Waals surface area contributed by atoms with E-state index in [2.05, 4.69) is 4.72 Å². The Balaban J connectivity index is 1.57. The van der Waals surface area contributed by atoms with Crippen LogP contribution < -0.4 is 14.4 Å². The molecule has 0 aliphatic carbocycles. The van der Waals surface area contributed by atoms with Crippen LogP contribution in [0.5, 0.6) is 5.75 Å². The molecule has 0 bridgehead atoms. The van der Waals surface area contributed by atoms with E-state index in [4.69, 9.17) is 25.8 Å². The lowest BCUT2D eigenvalue weighted by atomic mass is 9.94. The second-order valence-electron chi connectivity index (χ2n) is 8.31. The Kier molecular flexibility index (Phi) is 8.15. The van der Waals surface area contributed by atoms with Gasteiger partial charge >= 0.3 is 0 Å². The van der Waals surface area contributed by atoms with Crippen LogP contribution in [0.2, 0.25) is 5.02 Å². The maximum absolute atomic E-state index is 13.4. The number of fused-ring (bicyclic) bond motifs is 1. The van der Waals surface area contributed by atoms with Gasteiger partial charge < -0.3 is 19.1 Å². The van der Waals surface area contributed by atoms with Crippen molar-refractivity contribution in [2.45, 2.75) is 6.42 Å². The van der Waals surface area contributed by atoms with E-state index in [1.807, 2.05) is 42.5 Å². The molecule has 1 N–H and O–H groups in total. The third kappa shape index (κ3) is 6.36. The highest BCUT2D eigenvalue weighted by Gasteiger charge is 2.26. The van der Waals surface area contributed by atoms with Crippen LogP contribution in [-0.4, -0.2) is 54.2 Å². The molecule has 10 heteroatoms. The summed E-state index contributed by atoms with van der Waals surface area (Å²) in [6, 6.07) is 18.3. The first-order chi connectivity index (χ1) is 17.2. The van der Waals surface area contributed by atoms with Gasteiger partial charge in [-0.05, 0) is 59.5 Å². The number of halogens is 1. The van der Waals surface area contributed by atoms with E-state index in [-0.39, 0.29) is 24.1 Å². The van der Waals surface area contributed by atoms with Crippen molar-refractivity contribution < 1.29 is 27.4 Å². The number of nitrogens with one attached hydrogen (secondary N) is 1. The lowest BCUT2D eigenvalue weighted by molar-refractivity contribution is -0.00813. The van der Waals surface area contributed by atoms with Crippen LogP contribution in [0.3, 0.4) is 0 Å². The number of hydrogen-bond acceptors (Lipinski definition) is 6. The number of nitrogens with zero attached hydrogens (tertiary/aromatic N) is 1. The average Bonchev–Trinajstić information content (AvgIpc) is 2.84. The quantitative estimate of drug-likeness (QED) is 0.304. The van der Waals surface area contributed by atoms with Gasteiger partial charge in [0.1, 0.15) is 5.75 Å². The van der Waals surface area contributed by atoms with Gasteiger partial charge in [-0.25, -0.2) is 8.42 Å². The van der Waals surface area contributed by atoms with Crippen LogP contribution in [0.25, 0.3) is 11.1 Å². The van der Waals surface area contributed by atoms with Crippen molar-refractivity contribution in [3.8, 4) is 16.9 Å². The summed E-state index contributed by atoms with van der Waals surface area (Å²) in [5.41, 5.74) is 4.32. The van der Waals surface area contributed by atoms with Crippen molar-refractivity contribution >= 4 is 38.9 Å². The number of hydrogen-bond donors (Lipinski definition) is 1. The van der Waals surface area contributed by atoms with Crippen LogP contribution in [0, 0.1) is 0 Å². The number of amides is 1. The molecule has 4 rings (SSSR count). The standard InChI is InChI=1S/C26H27ClN2O6S/c1-33-12-13-34-17-35-25-9-7-22(16-24(25)28-36(2,31)32)29-11-10-20-14-19(6-8-23(20)26(29)30)18-4-3-5-21(27)15-18/h3-9,14-16,28H,10-13,17H2,1-2H3. The van der Waals surface area contributed by atoms with Gasteiger partial charge in [-0.2, -0.15) is 0 Å². The van der Waals surface area contributed by atoms with E-state index >= 15 is 0 Å². The van der Waals surface area contributed by atoms with Gasteiger partial charge in [0.25, 0.3) is 5.91 Å². The molecule has 0 aromatic heterocycles. The highest BCUT2D eigenvalue weighted by atomic mass is 35.5. The molecule has 1 aliphatic rings. The Hall–Kier alpha value is -3.11. The zero-order chi connectivity index (χ0) is 25.7. The molecule has 8 nitrogen and oxygen atoms in total. The molecule has 0 unspecified atom stereocenters. The Labute approximate surface area is 215 Å². The molecule has 0 atom stereocenters. The normalized spacial score (nSPS) is 13.4. The number of benzene rings is 3. The first-order valence-corrected chi connectivity index (χ1v) is 13.5. The number of sulfonamides is 1. The number of anilines is 2. The van der Waals surface area contributed by atoms with E-state index in [1.54, 1.807) is 30.2 Å². The average molecular weight is 531 g/mol. The Bertz CT molecular complexity index is 1360. The smallest absolute Gasteiger partial charge is 0.258 e. The number of rotatable bonds is 10. The van der Waals surface area contributed by atoms with E-state index in [9.17, 15) is 13.2 Å². The number of methoxy groups -OCH3 is 1. The summed E-state index contributed by atoms with van der Waals surface area (Å²) < 4.78 is 42.2. The first kappa shape index (κ1) is 26.0. The molecular weight excluding hydrogens is 504 g/mol. The molecule has 1 heterocycles. The SMILES string of the molecule is COCCOCOc1ccc(N2CCc3cc(-c4cccc(Cl)c4)ccc3C2=O)cc1NS(C)(=O)=O. The molecule has 0 spiro atoms. The van der Waals surface area contributed by atoms with Gasteiger partial charge in [0, 0.05) is 29.9 Å². The van der Waals surface area contributed by atoms with E-state index in [0.29, 0.717) is 42.5 Å². The molecule has 0 fully saturated rings. The van der Waals surface area contributed by atoms with Crippen molar-refractivity contribution in [3.05, 3.63) is 76.8 Å². The molecule has 36 heavy (non-hydrogen) atoms. The molecule has 0 saturated heterocycles. The number of carbonyl (C=O) groups is 1. The van der Waals surface area contributed by atoms with Crippen LogP contribution in [0.15, 0.2) is 60.7 Å². The van der Waals surface area contributed by atoms with Crippen molar-refractivity contribution in [2.24, 2.45) is 0 Å². The largest absolute Gasteiger partial charge is 0.465 e. The third-order valence-corrected chi connectivity index (χ3v) is 6.47. The van der Waals surface area contributed by atoms with Crippen LogP contribution >= 0.6 is 11.6 Å². The summed E-state index contributed by atoms with van der Waals surface area (Å²) in [4.78, 5) is 15.0. The summed E-state index contributed by atoms with van der Waals surface area (Å²) in [6.45, 7) is 1.12. The highest BCUT2D eigenvalue weighted by Crippen LogP contribution is 2.34. The Morgan fingerprint density at radius 1 is 1.03 bits per heavy atom. The molecule has 190 valence electrons. The molecule has 0 saturated carbocycles. The van der Waals surface area contributed by atoms with E-state index in [1.165, 1.54) is 0 Å². The number of carbonyl (C=O) groups excluding carboxylic acids is 1. The van der Waals surface area contributed by atoms with Crippen molar-refractivity contribution in [3.63, 3.8) is 0 Å². The summed E-state index contributed by atoms with van der Waals surface area (Å²) in [7, 11) is -2.02. The maximum Gasteiger partial charge on any atom is 0.258 e. The zero-order valence-corrected chi connectivity index (χ0v) is 21.6. The third-order valence-electron chi connectivity index (χ3n) is 5.64. The predicted octanol–water partition coefficient (Wildman–Crippen LogP) is 4.58. The van der Waals surface area contributed by atoms with Crippen molar-refractivity contribution in [1.29, 1.82) is 0 Å². The van der Waals surface area contributed by atoms with Gasteiger partial charge in [0.15, 0.2) is 6.79 Å². The summed E-state index contributed by atoms with van der Waals surface area (Å²) >= 11 is 6.14. The first-order valence-electron chi connectivity index (χ1n) is 11.3. The lowest BCUT2D eigenvalue weighted by Crippen LogP contribution is -2.37. The minimum Gasteiger partial charge on any atom is -0.465 e. The summed E-state index contributed by atoms with van der Waals surface area (Å²) in [5, 5.41) is 0.653. The van der Waals surface area contributed by atoms with E-state index in [0.717, 1.165) is 22.9 Å². The molecule has 1 amide bonds. The fraction of sp³-hybridized carbons (Fsp3) is 0.269. The zero-order valence-electron chi connectivity index (χ0n) is 20.0. The Morgan fingerprint density at radius 2 is 1.83 bits per heavy atom. The second-order valence-corrected chi connectivity index (χ2v) is 10.5. The molecule has 3 aromatic rings. The fourth-order valence-electron chi connectivity index (χ4n) is 3.98. The van der Waals surface area contributed by atoms with Gasteiger partial charge in [0.2, 0.25) is 10.0 Å².